The fraction of sp³-hybridized carbons (Fsp3) is 0.316. The molecular formula is C19H21FN2O2. The smallest absolute Gasteiger partial charge is 0.246 e. The van der Waals surface area contributed by atoms with E-state index in [4.69, 9.17) is 0 Å². The van der Waals surface area contributed by atoms with Crippen LogP contribution >= 0.6 is 0 Å². The fourth-order valence-electron chi connectivity index (χ4n) is 3.15. The van der Waals surface area contributed by atoms with E-state index in [9.17, 15) is 14.3 Å². The topological polar surface area (TPSA) is 52.6 Å². The molecule has 1 aliphatic rings. The number of nitrogens with zero attached hydrogens (tertiary/aromatic N) is 1. The van der Waals surface area contributed by atoms with Crippen molar-refractivity contribution >= 4 is 11.6 Å². The normalized spacial score (nSPS) is 19.2. The van der Waals surface area contributed by atoms with Crippen molar-refractivity contribution in [3.63, 3.8) is 0 Å². The summed E-state index contributed by atoms with van der Waals surface area (Å²) in [6.45, 7) is 1.59. The summed E-state index contributed by atoms with van der Waals surface area (Å²) in [5, 5.41) is 12.2. The highest BCUT2D eigenvalue weighted by Gasteiger charge is 2.33. The van der Waals surface area contributed by atoms with Gasteiger partial charge in [-0.2, -0.15) is 0 Å². The van der Waals surface area contributed by atoms with Crippen molar-refractivity contribution in [2.75, 3.05) is 25.0 Å². The number of halogens is 1. The first-order chi connectivity index (χ1) is 11.7. The zero-order chi connectivity index (χ0) is 16.9. The lowest BCUT2D eigenvalue weighted by Gasteiger charge is -2.27. The average Bonchev–Trinajstić information content (AvgIpc) is 3.07. The van der Waals surface area contributed by atoms with Crippen LogP contribution in [-0.2, 0) is 4.79 Å². The van der Waals surface area contributed by atoms with Crippen LogP contribution in [0.1, 0.15) is 18.0 Å². The lowest BCUT2D eigenvalue weighted by molar-refractivity contribution is -0.121. The number of likely N-dealkylation sites (tertiary alicyclic amines) is 1. The summed E-state index contributed by atoms with van der Waals surface area (Å²) in [6, 6.07) is 14.9. The molecule has 0 unspecified atom stereocenters. The molecule has 1 fully saturated rings. The first kappa shape index (κ1) is 16.6. The Balaban J connectivity index is 1.81. The molecule has 0 bridgehead atoms. The number of carbonyl (C=O) groups is 1. The number of aliphatic hydroxyl groups is 1. The van der Waals surface area contributed by atoms with E-state index in [-0.39, 0.29) is 24.2 Å². The second kappa shape index (κ2) is 7.55. The Hall–Kier alpha value is -2.24. The van der Waals surface area contributed by atoms with Gasteiger partial charge in [-0.1, -0.05) is 30.3 Å². The quantitative estimate of drug-likeness (QED) is 0.887. The monoisotopic (exact) mass is 328 g/mol. The maximum atomic E-state index is 13.0. The average molecular weight is 328 g/mol. The van der Waals surface area contributed by atoms with Gasteiger partial charge in [-0.05, 0) is 48.7 Å². The van der Waals surface area contributed by atoms with Crippen LogP contribution < -0.4 is 5.32 Å². The Morgan fingerprint density at radius 3 is 2.54 bits per heavy atom. The molecule has 126 valence electrons. The molecule has 2 atom stereocenters. The van der Waals surface area contributed by atoms with Gasteiger partial charge in [0.2, 0.25) is 5.91 Å². The highest BCUT2D eigenvalue weighted by Crippen LogP contribution is 2.29. The van der Waals surface area contributed by atoms with Crippen LogP contribution in [0.3, 0.4) is 0 Å². The summed E-state index contributed by atoms with van der Waals surface area (Å²) in [6.07, 6.45) is 0.879. The Morgan fingerprint density at radius 1 is 1.21 bits per heavy atom. The van der Waals surface area contributed by atoms with Gasteiger partial charge in [-0.3, -0.25) is 9.69 Å². The predicted octanol–water partition coefficient (Wildman–Crippen LogP) is 2.82. The number of nitrogens with one attached hydrogen (secondary N) is 1. The van der Waals surface area contributed by atoms with Crippen LogP contribution in [0.5, 0.6) is 0 Å². The van der Waals surface area contributed by atoms with E-state index >= 15 is 0 Å². The zero-order valence-corrected chi connectivity index (χ0v) is 13.4. The number of anilines is 1. The fourth-order valence-corrected chi connectivity index (χ4v) is 3.15. The van der Waals surface area contributed by atoms with Crippen LogP contribution in [0, 0.1) is 11.7 Å². The van der Waals surface area contributed by atoms with Gasteiger partial charge in [0.15, 0.2) is 0 Å². The van der Waals surface area contributed by atoms with Crippen LogP contribution in [0.2, 0.25) is 0 Å². The van der Waals surface area contributed by atoms with Crippen molar-refractivity contribution in [2.45, 2.75) is 12.5 Å². The molecule has 2 N–H and O–H groups in total. The molecule has 5 heteroatoms. The Morgan fingerprint density at radius 2 is 1.92 bits per heavy atom. The Bertz CT molecular complexity index is 676. The van der Waals surface area contributed by atoms with E-state index in [1.165, 1.54) is 12.1 Å². The second-order valence-electron chi connectivity index (χ2n) is 6.14. The minimum Gasteiger partial charge on any atom is -0.396 e. The van der Waals surface area contributed by atoms with E-state index in [1.807, 2.05) is 30.3 Å². The van der Waals surface area contributed by atoms with Gasteiger partial charge in [0, 0.05) is 18.8 Å². The molecule has 2 aromatic rings. The van der Waals surface area contributed by atoms with Crippen molar-refractivity contribution in [2.24, 2.45) is 5.92 Å². The molecule has 1 saturated heterocycles. The molecule has 0 aromatic heterocycles. The third-order valence-corrected chi connectivity index (χ3v) is 4.42. The largest absolute Gasteiger partial charge is 0.396 e. The summed E-state index contributed by atoms with van der Waals surface area (Å²) < 4.78 is 13.0. The number of carbonyl (C=O) groups excluding carboxylic acids is 1. The first-order valence-corrected chi connectivity index (χ1v) is 8.13. The molecule has 0 spiro atoms. The van der Waals surface area contributed by atoms with Gasteiger partial charge in [0.1, 0.15) is 11.9 Å². The summed E-state index contributed by atoms with van der Waals surface area (Å²) in [5.41, 5.74) is 1.48. The number of hydrogen-bond acceptors (Lipinski definition) is 3. The maximum absolute atomic E-state index is 13.0. The van der Waals surface area contributed by atoms with E-state index in [0.717, 1.165) is 18.5 Å². The van der Waals surface area contributed by atoms with Crippen LogP contribution in [0.4, 0.5) is 10.1 Å². The van der Waals surface area contributed by atoms with Gasteiger partial charge >= 0.3 is 0 Å². The molecule has 0 aliphatic carbocycles. The predicted molar refractivity (Wildman–Crippen MR) is 91.0 cm³/mol. The molecule has 1 heterocycles. The van der Waals surface area contributed by atoms with Crippen molar-refractivity contribution in [1.82, 2.24) is 4.90 Å². The standard InChI is InChI=1S/C19H21FN2O2/c20-16-6-8-17(9-7-16)21-19(24)18(15-4-2-1-3-5-15)22-11-10-14(12-22)13-23/h1-9,14,18,23H,10-13H2,(H,21,24)/t14-,18+/m1/s1. The lowest BCUT2D eigenvalue weighted by Crippen LogP contribution is -2.36. The first-order valence-electron chi connectivity index (χ1n) is 8.13. The third-order valence-electron chi connectivity index (χ3n) is 4.42. The van der Waals surface area contributed by atoms with Gasteiger partial charge in [-0.15, -0.1) is 0 Å². The molecule has 1 amide bonds. The Kier molecular flexibility index (Phi) is 5.23. The van der Waals surface area contributed by atoms with Crippen molar-refractivity contribution < 1.29 is 14.3 Å². The molecule has 0 saturated carbocycles. The maximum Gasteiger partial charge on any atom is 0.246 e. The van der Waals surface area contributed by atoms with Gasteiger partial charge in [0.25, 0.3) is 0 Å². The minimum atomic E-state index is -0.423. The van der Waals surface area contributed by atoms with E-state index < -0.39 is 6.04 Å². The number of hydrogen-bond donors (Lipinski definition) is 2. The summed E-state index contributed by atoms with van der Waals surface area (Å²) in [5.74, 6) is -0.279. The van der Waals surface area contributed by atoms with Crippen molar-refractivity contribution in [3.8, 4) is 0 Å². The van der Waals surface area contributed by atoms with Crippen LogP contribution in [0.25, 0.3) is 0 Å². The summed E-state index contributed by atoms with van der Waals surface area (Å²) >= 11 is 0. The molecule has 1 aliphatic heterocycles. The molecular weight excluding hydrogens is 307 g/mol. The highest BCUT2D eigenvalue weighted by molar-refractivity contribution is 5.95. The summed E-state index contributed by atoms with van der Waals surface area (Å²) in [7, 11) is 0. The number of aliphatic hydroxyl groups excluding tert-OH is 1. The summed E-state index contributed by atoms with van der Waals surface area (Å²) in [4.78, 5) is 15.0. The van der Waals surface area contributed by atoms with Gasteiger partial charge < -0.3 is 10.4 Å². The van der Waals surface area contributed by atoms with E-state index in [0.29, 0.717) is 12.2 Å². The third kappa shape index (κ3) is 3.80. The zero-order valence-electron chi connectivity index (χ0n) is 13.4. The van der Waals surface area contributed by atoms with E-state index in [1.54, 1.807) is 12.1 Å². The molecule has 24 heavy (non-hydrogen) atoms. The van der Waals surface area contributed by atoms with Crippen LogP contribution in [-0.4, -0.2) is 35.6 Å². The minimum absolute atomic E-state index is 0.136. The Labute approximate surface area is 140 Å². The van der Waals surface area contributed by atoms with Gasteiger partial charge in [0.05, 0.1) is 0 Å². The SMILES string of the molecule is O=C(Nc1ccc(F)cc1)[C@H](c1ccccc1)N1CC[C@@H](CO)C1. The lowest BCUT2D eigenvalue weighted by atomic mass is 10.0. The highest BCUT2D eigenvalue weighted by atomic mass is 19.1. The number of benzene rings is 2. The molecule has 0 radical (unpaired) electrons. The van der Waals surface area contributed by atoms with Crippen LogP contribution in [0.15, 0.2) is 54.6 Å². The number of amides is 1. The molecule has 4 nitrogen and oxygen atoms in total. The van der Waals surface area contributed by atoms with Crippen molar-refractivity contribution in [3.05, 3.63) is 66.0 Å². The number of rotatable bonds is 5. The van der Waals surface area contributed by atoms with Gasteiger partial charge in [-0.25, -0.2) is 4.39 Å². The molecule has 3 rings (SSSR count). The van der Waals surface area contributed by atoms with Crippen molar-refractivity contribution in [1.29, 1.82) is 0 Å². The second-order valence-corrected chi connectivity index (χ2v) is 6.14. The van der Waals surface area contributed by atoms with E-state index in [2.05, 4.69) is 10.2 Å². The molecule has 2 aromatic carbocycles.